The number of carbonyl (C=O) groups is 3. The number of likely N-dealkylation sites (tertiary alicyclic amines) is 1. The van der Waals surface area contributed by atoms with Crippen LogP contribution in [0.15, 0.2) is 61.1 Å². The molecular weight excluding hydrogens is 448 g/mol. The number of nitrogens with one attached hydrogen (secondary N) is 1. The number of rotatable bonds is 7. The van der Waals surface area contributed by atoms with Gasteiger partial charge in [0.05, 0.1) is 6.33 Å². The van der Waals surface area contributed by atoms with E-state index in [9.17, 15) is 19.5 Å². The highest BCUT2D eigenvalue weighted by Crippen LogP contribution is 2.44. The molecule has 1 aromatic heterocycles. The van der Waals surface area contributed by atoms with E-state index in [0.717, 1.165) is 11.1 Å². The topological polar surface area (TPSA) is 114 Å². The zero-order valence-electron chi connectivity index (χ0n) is 19.1. The third-order valence-corrected chi connectivity index (χ3v) is 6.63. The number of ether oxygens (including phenoxy) is 1. The minimum atomic E-state index is -0.998. The molecule has 9 heteroatoms. The van der Waals surface area contributed by atoms with Crippen LogP contribution in [-0.2, 0) is 16.1 Å². The van der Waals surface area contributed by atoms with Crippen LogP contribution in [0, 0.1) is 0 Å². The van der Waals surface area contributed by atoms with Crippen molar-refractivity contribution in [3.05, 3.63) is 77.9 Å². The van der Waals surface area contributed by atoms with Gasteiger partial charge in [-0.15, -0.1) is 0 Å². The number of aromatic nitrogens is 2. The average Bonchev–Trinajstić information content (AvgIpc) is 3.60. The van der Waals surface area contributed by atoms with Crippen LogP contribution in [0.1, 0.15) is 40.4 Å². The van der Waals surface area contributed by atoms with Gasteiger partial charge in [-0.25, -0.2) is 14.6 Å². The largest absolute Gasteiger partial charge is 0.480 e. The van der Waals surface area contributed by atoms with E-state index in [2.05, 4.69) is 34.6 Å². The van der Waals surface area contributed by atoms with Gasteiger partial charge in [0.1, 0.15) is 18.3 Å². The Bertz CT molecular complexity index is 1220. The summed E-state index contributed by atoms with van der Waals surface area (Å²) >= 11 is 0. The SMILES string of the molecule is O=C(NCCn1cnc(C(=O)N2CCCC2C(=O)O)c1)OCC1c2ccccc2-c2ccccc21. The molecule has 1 aliphatic heterocycles. The van der Waals surface area contributed by atoms with Crippen LogP contribution in [0.5, 0.6) is 0 Å². The van der Waals surface area contributed by atoms with E-state index in [0.29, 0.717) is 32.5 Å². The Hall–Kier alpha value is -4.14. The van der Waals surface area contributed by atoms with Gasteiger partial charge >= 0.3 is 12.1 Å². The highest BCUT2D eigenvalue weighted by atomic mass is 16.5. The molecule has 180 valence electrons. The molecule has 3 aromatic rings. The van der Waals surface area contributed by atoms with Crippen molar-refractivity contribution in [1.29, 1.82) is 0 Å². The number of fused-ring (bicyclic) bond motifs is 3. The predicted octanol–water partition coefficient (Wildman–Crippen LogP) is 3.11. The quantitative estimate of drug-likeness (QED) is 0.544. The highest BCUT2D eigenvalue weighted by Gasteiger charge is 2.35. The fourth-order valence-corrected chi connectivity index (χ4v) is 4.94. The third kappa shape index (κ3) is 4.49. The summed E-state index contributed by atoms with van der Waals surface area (Å²) in [4.78, 5) is 41.8. The third-order valence-electron chi connectivity index (χ3n) is 6.63. The molecule has 2 heterocycles. The summed E-state index contributed by atoms with van der Waals surface area (Å²) in [5, 5.41) is 12.0. The van der Waals surface area contributed by atoms with Crippen molar-refractivity contribution in [2.24, 2.45) is 0 Å². The molecule has 1 atom stereocenters. The molecule has 2 aliphatic rings. The molecule has 2 N–H and O–H groups in total. The number of alkyl carbamates (subject to hydrolysis) is 1. The van der Waals surface area contributed by atoms with Crippen molar-refractivity contribution in [3.8, 4) is 11.1 Å². The molecule has 0 bridgehead atoms. The van der Waals surface area contributed by atoms with Crippen LogP contribution >= 0.6 is 0 Å². The molecule has 0 radical (unpaired) electrons. The second-order valence-corrected chi connectivity index (χ2v) is 8.74. The summed E-state index contributed by atoms with van der Waals surface area (Å²) in [5.74, 6) is -1.39. The summed E-state index contributed by atoms with van der Waals surface area (Å²) in [6.45, 7) is 1.34. The minimum absolute atomic E-state index is 0.00409. The predicted molar refractivity (Wildman–Crippen MR) is 127 cm³/mol. The highest BCUT2D eigenvalue weighted by molar-refractivity contribution is 5.95. The van der Waals surface area contributed by atoms with Gasteiger partial charge < -0.3 is 24.6 Å². The summed E-state index contributed by atoms with van der Waals surface area (Å²) in [7, 11) is 0. The molecule has 1 saturated heterocycles. The number of aliphatic carboxylic acids is 1. The van der Waals surface area contributed by atoms with E-state index in [-0.39, 0.29) is 18.2 Å². The summed E-state index contributed by atoms with van der Waals surface area (Å²) in [5.41, 5.74) is 4.84. The number of carboxylic acid groups (broad SMARTS) is 1. The van der Waals surface area contributed by atoms with Gasteiger partial charge in [0.2, 0.25) is 0 Å². The Morgan fingerprint density at radius 1 is 1.06 bits per heavy atom. The second-order valence-electron chi connectivity index (χ2n) is 8.74. The molecule has 1 fully saturated rings. The van der Waals surface area contributed by atoms with Crippen LogP contribution in [0.4, 0.5) is 4.79 Å². The maximum atomic E-state index is 12.6. The van der Waals surface area contributed by atoms with Gasteiger partial charge in [-0.05, 0) is 35.1 Å². The Balaban J connectivity index is 1.12. The zero-order chi connectivity index (χ0) is 24.4. The number of imidazole rings is 1. The Morgan fingerprint density at radius 3 is 2.43 bits per heavy atom. The second kappa shape index (κ2) is 9.61. The first-order valence-corrected chi connectivity index (χ1v) is 11.7. The van der Waals surface area contributed by atoms with Gasteiger partial charge in [0, 0.05) is 31.7 Å². The summed E-state index contributed by atoms with van der Waals surface area (Å²) < 4.78 is 7.21. The number of amides is 2. The molecule has 1 unspecified atom stereocenters. The number of nitrogens with zero attached hydrogens (tertiary/aromatic N) is 3. The van der Waals surface area contributed by atoms with Crippen molar-refractivity contribution in [3.63, 3.8) is 0 Å². The normalized spacial score (nSPS) is 16.6. The molecule has 1 aliphatic carbocycles. The van der Waals surface area contributed by atoms with Crippen molar-refractivity contribution in [2.45, 2.75) is 31.3 Å². The molecule has 2 amide bonds. The smallest absolute Gasteiger partial charge is 0.407 e. The molecule has 0 saturated carbocycles. The van der Waals surface area contributed by atoms with Gasteiger partial charge in [-0.1, -0.05) is 48.5 Å². The van der Waals surface area contributed by atoms with E-state index in [1.165, 1.54) is 22.4 Å². The van der Waals surface area contributed by atoms with Gasteiger partial charge in [-0.3, -0.25) is 4.79 Å². The van der Waals surface area contributed by atoms with Crippen molar-refractivity contribution in [2.75, 3.05) is 19.7 Å². The first-order chi connectivity index (χ1) is 17.0. The lowest BCUT2D eigenvalue weighted by atomic mass is 9.98. The zero-order valence-corrected chi connectivity index (χ0v) is 19.1. The van der Waals surface area contributed by atoms with Gasteiger partial charge in [0.15, 0.2) is 0 Å². The summed E-state index contributed by atoms with van der Waals surface area (Å²) in [6.07, 6.45) is 3.67. The monoisotopic (exact) mass is 474 g/mol. The number of hydrogen-bond donors (Lipinski definition) is 2. The fourth-order valence-electron chi connectivity index (χ4n) is 4.94. The lowest BCUT2D eigenvalue weighted by Gasteiger charge is -2.20. The van der Waals surface area contributed by atoms with Gasteiger partial charge in [0.25, 0.3) is 5.91 Å². The maximum absolute atomic E-state index is 12.6. The van der Waals surface area contributed by atoms with E-state index in [1.54, 1.807) is 10.8 Å². The number of carboxylic acids is 1. The fraction of sp³-hybridized carbons (Fsp3) is 0.308. The first-order valence-electron chi connectivity index (χ1n) is 11.7. The number of hydrogen-bond acceptors (Lipinski definition) is 5. The maximum Gasteiger partial charge on any atom is 0.407 e. The van der Waals surface area contributed by atoms with Crippen LogP contribution in [0.3, 0.4) is 0 Å². The summed E-state index contributed by atoms with van der Waals surface area (Å²) in [6, 6.07) is 15.5. The lowest BCUT2D eigenvalue weighted by Crippen LogP contribution is -2.40. The van der Waals surface area contributed by atoms with Crippen molar-refractivity contribution in [1.82, 2.24) is 19.8 Å². The molecule has 9 nitrogen and oxygen atoms in total. The van der Waals surface area contributed by atoms with E-state index in [1.807, 2.05) is 24.3 Å². The van der Waals surface area contributed by atoms with Crippen LogP contribution in [0.25, 0.3) is 11.1 Å². The molecule has 35 heavy (non-hydrogen) atoms. The van der Waals surface area contributed by atoms with E-state index >= 15 is 0 Å². The van der Waals surface area contributed by atoms with Gasteiger partial charge in [-0.2, -0.15) is 0 Å². The van der Waals surface area contributed by atoms with Crippen LogP contribution in [0.2, 0.25) is 0 Å². The molecule has 5 rings (SSSR count). The van der Waals surface area contributed by atoms with Crippen LogP contribution in [-0.4, -0.2) is 63.3 Å². The van der Waals surface area contributed by atoms with Crippen molar-refractivity contribution >= 4 is 18.0 Å². The lowest BCUT2D eigenvalue weighted by molar-refractivity contribution is -0.141. The standard InChI is InChI=1S/C26H26N4O5/c31-24(30-12-5-10-23(30)25(32)33)22-14-29(16-28-22)13-11-27-26(34)35-15-21-19-8-3-1-6-17(19)18-7-2-4-9-20(18)21/h1-4,6-9,14,16,21,23H,5,10-13,15H2,(H,27,34)(H,32,33). The Labute approximate surface area is 202 Å². The molecule has 2 aromatic carbocycles. The Morgan fingerprint density at radius 2 is 1.74 bits per heavy atom. The number of benzene rings is 2. The van der Waals surface area contributed by atoms with Crippen LogP contribution < -0.4 is 5.32 Å². The molecule has 0 spiro atoms. The van der Waals surface area contributed by atoms with E-state index < -0.39 is 24.0 Å². The Kier molecular flexibility index (Phi) is 6.22. The average molecular weight is 475 g/mol. The van der Waals surface area contributed by atoms with E-state index in [4.69, 9.17) is 4.74 Å². The first kappa shape index (κ1) is 22.6. The molecular formula is C26H26N4O5. The minimum Gasteiger partial charge on any atom is -0.480 e. The number of carbonyl (C=O) groups excluding carboxylic acids is 2. The van der Waals surface area contributed by atoms with Crippen molar-refractivity contribution < 1.29 is 24.2 Å².